The van der Waals surface area contributed by atoms with Gasteiger partial charge in [-0.15, -0.1) is 0 Å². The van der Waals surface area contributed by atoms with Crippen LogP contribution in [0.3, 0.4) is 0 Å². The molecule has 0 bridgehead atoms. The molecule has 0 amide bonds. The van der Waals surface area contributed by atoms with Crippen molar-refractivity contribution < 1.29 is 4.52 Å². The average Bonchev–Trinajstić information content (AvgIpc) is 2.77. The minimum Gasteiger partial charge on any atom is -0.337 e. The second-order valence-corrected chi connectivity index (χ2v) is 5.64. The lowest BCUT2D eigenvalue weighted by atomic mass is 9.82. The summed E-state index contributed by atoms with van der Waals surface area (Å²) in [5, 5.41) is 3.99. The van der Waals surface area contributed by atoms with Crippen LogP contribution in [0.15, 0.2) is 4.52 Å². The van der Waals surface area contributed by atoms with Gasteiger partial charge < -0.3 is 10.3 Å². The summed E-state index contributed by atoms with van der Waals surface area (Å²) in [6.45, 7) is 2.12. The van der Waals surface area contributed by atoms with Crippen LogP contribution in [-0.4, -0.2) is 15.9 Å². The molecule has 16 heavy (non-hydrogen) atoms. The number of rotatable bonds is 4. The summed E-state index contributed by atoms with van der Waals surface area (Å²) in [6.07, 6.45) is 5.53. The highest BCUT2D eigenvalue weighted by Crippen LogP contribution is 2.33. The molecule has 1 saturated carbocycles. The number of nitrogens with two attached hydrogens (primary N) is 1. The Morgan fingerprint density at radius 3 is 2.81 bits per heavy atom. The monoisotopic (exact) mass is 241 g/mol. The molecule has 2 rings (SSSR count). The van der Waals surface area contributed by atoms with Crippen LogP contribution < -0.4 is 5.73 Å². The summed E-state index contributed by atoms with van der Waals surface area (Å²) < 4.78 is 5.30. The Labute approximate surface area is 100 Å². The maximum absolute atomic E-state index is 6.32. The third-order valence-corrected chi connectivity index (χ3v) is 3.95. The molecule has 1 aromatic heterocycles. The van der Waals surface area contributed by atoms with Crippen LogP contribution >= 0.6 is 11.8 Å². The van der Waals surface area contributed by atoms with Gasteiger partial charge in [-0.2, -0.15) is 16.7 Å². The number of nitrogens with zero attached hydrogens (tertiary/aromatic N) is 2. The van der Waals surface area contributed by atoms with Crippen molar-refractivity contribution in [3.05, 3.63) is 11.7 Å². The fraction of sp³-hybridized carbons (Fsp3) is 0.818. The predicted octanol–water partition coefficient (Wildman–Crippen LogP) is 2.44. The highest BCUT2D eigenvalue weighted by molar-refractivity contribution is 7.98. The molecule has 1 aliphatic rings. The molecule has 0 unspecified atom stereocenters. The van der Waals surface area contributed by atoms with E-state index in [1.807, 2.05) is 0 Å². The molecule has 0 spiro atoms. The van der Waals surface area contributed by atoms with Crippen molar-refractivity contribution in [2.45, 2.75) is 50.3 Å². The van der Waals surface area contributed by atoms with E-state index in [1.54, 1.807) is 11.8 Å². The van der Waals surface area contributed by atoms with E-state index in [9.17, 15) is 0 Å². The van der Waals surface area contributed by atoms with Gasteiger partial charge in [-0.3, -0.25) is 0 Å². The minimum absolute atomic E-state index is 0.361. The second-order valence-electron chi connectivity index (χ2n) is 4.37. The zero-order valence-corrected chi connectivity index (χ0v) is 10.6. The first-order valence-corrected chi connectivity index (χ1v) is 7.10. The molecule has 90 valence electrons. The van der Waals surface area contributed by atoms with Gasteiger partial charge in [0, 0.05) is 0 Å². The maximum atomic E-state index is 6.32. The molecule has 0 saturated heterocycles. The van der Waals surface area contributed by atoms with E-state index in [-0.39, 0.29) is 5.54 Å². The van der Waals surface area contributed by atoms with Crippen molar-refractivity contribution in [1.29, 1.82) is 0 Å². The summed E-state index contributed by atoms with van der Waals surface area (Å²) in [5.41, 5.74) is 5.96. The van der Waals surface area contributed by atoms with Gasteiger partial charge in [-0.05, 0) is 18.6 Å². The first kappa shape index (κ1) is 11.9. The van der Waals surface area contributed by atoms with Crippen molar-refractivity contribution in [2.24, 2.45) is 5.73 Å². The molecule has 0 atom stereocenters. The largest absolute Gasteiger partial charge is 0.337 e. The van der Waals surface area contributed by atoms with Crippen LogP contribution in [-0.2, 0) is 11.3 Å². The first-order valence-electron chi connectivity index (χ1n) is 5.94. The molecule has 0 radical (unpaired) electrons. The van der Waals surface area contributed by atoms with Gasteiger partial charge >= 0.3 is 0 Å². The Balaban J connectivity index is 2.05. The molecular formula is C11H19N3OS. The van der Waals surface area contributed by atoms with Gasteiger partial charge in [-0.25, -0.2) is 0 Å². The molecule has 0 aliphatic heterocycles. The highest BCUT2D eigenvalue weighted by Gasteiger charge is 2.34. The van der Waals surface area contributed by atoms with Gasteiger partial charge in [0.15, 0.2) is 5.82 Å². The lowest BCUT2D eigenvalue weighted by Crippen LogP contribution is -2.38. The molecule has 5 heteroatoms. The number of hydrogen-bond acceptors (Lipinski definition) is 5. The molecule has 0 aromatic carbocycles. The number of hydrogen-bond donors (Lipinski definition) is 1. The maximum Gasteiger partial charge on any atom is 0.246 e. The third kappa shape index (κ3) is 2.58. The van der Waals surface area contributed by atoms with Gasteiger partial charge in [0.25, 0.3) is 0 Å². The lowest BCUT2D eigenvalue weighted by molar-refractivity contribution is 0.219. The smallest absolute Gasteiger partial charge is 0.246 e. The molecular weight excluding hydrogens is 222 g/mol. The molecule has 4 nitrogen and oxygen atoms in total. The fourth-order valence-electron chi connectivity index (χ4n) is 2.10. The molecule has 2 N–H and O–H groups in total. The molecule has 1 aliphatic carbocycles. The van der Waals surface area contributed by atoms with Crippen molar-refractivity contribution in [3.8, 4) is 0 Å². The Bertz CT molecular complexity index is 334. The van der Waals surface area contributed by atoms with Crippen LogP contribution in [0.2, 0.25) is 0 Å². The van der Waals surface area contributed by atoms with E-state index >= 15 is 0 Å². The standard InChI is InChI=1S/C11H19N3OS/c1-2-16-8-9-13-10(15-14-9)11(12)6-4-3-5-7-11/h2-8,12H2,1H3. The quantitative estimate of drug-likeness (QED) is 0.877. The minimum atomic E-state index is -0.361. The number of thioether (sulfide) groups is 1. The summed E-state index contributed by atoms with van der Waals surface area (Å²) in [7, 11) is 0. The van der Waals surface area contributed by atoms with Gasteiger partial charge in [0.1, 0.15) is 0 Å². The Morgan fingerprint density at radius 1 is 1.38 bits per heavy atom. The van der Waals surface area contributed by atoms with Crippen LogP contribution in [0.4, 0.5) is 0 Å². The van der Waals surface area contributed by atoms with Crippen LogP contribution in [0.1, 0.15) is 50.7 Å². The summed E-state index contributed by atoms with van der Waals surface area (Å²) in [6, 6.07) is 0. The topological polar surface area (TPSA) is 64.9 Å². The zero-order valence-electron chi connectivity index (χ0n) is 9.74. The highest BCUT2D eigenvalue weighted by atomic mass is 32.2. The van der Waals surface area contributed by atoms with Crippen molar-refractivity contribution >= 4 is 11.8 Å². The average molecular weight is 241 g/mol. The summed E-state index contributed by atoms with van der Waals surface area (Å²) >= 11 is 1.79. The molecule has 1 aromatic rings. The Kier molecular flexibility index (Phi) is 3.86. The number of aromatic nitrogens is 2. The Hall–Kier alpha value is -0.550. The van der Waals surface area contributed by atoms with E-state index in [1.165, 1.54) is 6.42 Å². The van der Waals surface area contributed by atoms with E-state index in [0.29, 0.717) is 5.89 Å². The van der Waals surface area contributed by atoms with Gasteiger partial charge in [0.2, 0.25) is 5.89 Å². The van der Waals surface area contributed by atoms with Gasteiger partial charge in [-0.1, -0.05) is 31.3 Å². The Morgan fingerprint density at radius 2 is 2.12 bits per heavy atom. The van der Waals surface area contributed by atoms with Gasteiger partial charge in [0.05, 0.1) is 11.3 Å². The SMILES string of the molecule is CCSCc1noc(C2(N)CCCCC2)n1. The fourth-order valence-corrected chi connectivity index (χ4v) is 2.61. The molecule has 1 heterocycles. The van der Waals surface area contributed by atoms with E-state index in [0.717, 1.165) is 43.0 Å². The lowest BCUT2D eigenvalue weighted by Gasteiger charge is -2.29. The zero-order chi connectivity index (χ0) is 11.4. The predicted molar refractivity (Wildman–Crippen MR) is 65.1 cm³/mol. The van der Waals surface area contributed by atoms with Crippen molar-refractivity contribution in [1.82, 2.24) is 10.1 Å². The summed E-state index contributed by atoms with van der Waals surface area (Å²) in [5.74, 6) is 3.30. The first-order chi connectivity index (χ1) is 7.74. The van der Waals surface area contributed by atoms with Crippen LogP contribution in [0.25, 0.3) is 0 Å². The third-order valence-electron chi connectivity index (χ3n) is 3.08. The molecule has 1 fully saturated rings. The van der Waals surface area contributed by atoms with Crippen molar-refractivity contribution in [2.75, 3.05) is 5.75 Å². The second kappa shape index (κ2) is 5.19. The van der Waals surface area contributed by atoms with E-state index in [2.05, 4.69) is 17.1 Å². The summed E-state index contributed by atoms with van der Waals surface area (Å²) in [4.78, 5) is 4.42. The van der Waals surface area contributed by atoms with Crippen LogP contribution in [0.5, 0.6) is 0 Å². The van der Waals surface area contributed by atoms with E-state index < -0.39 is 0 Å². The van der Waals surface area contributed by atoms with Crippen molar-refractivity contribution in [3.63, 3.8) is 0 Å². The van der Waals surface area contributed by atoms with Crippen LogP contribution in [0, 0.1) is 0 Å². The normalized spacial score (nSPS) is 19.9. The van der Waals surface area contributed by atoms with E-state index in [4.69, 9.17) is 10.3 Å².